The zero-order chi connectivity index (χ0) is 21.2. The molecular weight excluding hydrogens is 358 g/mol. The average molecular weight is 389 g/mol. The first kappa shape index (κ1) is 25.0. The molecule has 0 saturated heterocycles. The molecule has 0 aromatic heterocycles. The normalized spacial score (nSPS) is 9.00. The lowest BCUT2D eigenvalue weighted by Crippen LogP contribution is -1.92. The number of para-hydroxylation sites is 1. The van der Waals surface area contributed by atoms with Crippen molar-refractivity contribution in [3.8, 4) is 11.5 Å². The Labute approximate surface area is 167 Å². The lowest BCUT2D eigenvalue weighted by atomic mass is 10.1. The molecule has 0 bridgehead atoms. The van der Waals surface area contributed by atoms with Crippen LogP contribution in [0, 0.1) is 0 Å². The molecular formula is C22H31NO5. The highest BCUT2D eigenvalue weighted by Crippen LogP contribution is 2.22. The fourth-order valence-electron chi connectivity index (χ4n) is 2.37. The molecule has 0 aliphatic rings. The fraction of sp³-hybridized carbons (Fsp3) is 0.318. The lowest BCUT2D eigenvalue weighted by molar-refractivity contribution is -0.122. The van der Waals surface area contributed by atoms with E-state index in [1.807, 2.05) is 24.3 Å². The van der Waals surface area contributed by atoms with Crippen LogP contribution in [0.25, 0.3) is 0 Å². The van der Waals surface area contributed by atoms with E-state index in [-0.39, 0.29) is 6.47 Å². The molecule has 2 aromatic rings. The molecule has 0 amide bonds. The summed E-state index contributed by atoms with van der Waals surface area (Å²) in [5.74, 6) is 1.57. The smallest absolute Gasteiger partial charge is 0.290 e. The van der Waals surface area contributed by atoms with E-state index in [0.717, 1.165) is 23.5 Å². The Kier molecular flexibility index (Phi) is 14.5. The SMILES string of the molecule is C=CNc1ccccc1CCC.COCc1cc(OC)cc(OC)c1.O=CO. The number of methoxy groups -OCH3 is 3. The first-order valence-electron chi connectivity index (χ1n) is 8.84. The van der Waals surface area contributed by atoms with Crippen molar-refractivity contribution in [1.82, 2.24) is 0 Å². The molecule has 0 aliphatic carbocycles. The third kappa shape index (κ3) is 10.2. The number of hydrogen-bond donors (Lipinski definition) is 2. The number of anilines is 1. The van der Waals surface area contributed by atoms with Gasteiger partial charge in [0.25, 0.3) is 6.47 Å². The summed E-state index contributed by atoms with van der Waals surface area (Å²) in [5.41, 5.74) is 3.58. The van der Waals surface area contributed by atoms with Gasteiger partial charge in [-0.3, -0.25) is 4.79 Å². The van der Waals surface area contributed by atoms with Gasteiger partial charge in [-0.15, -0.1) is 0 Å². The van der Waals surface area contributed by atoms with Crippen molar-refractivity contribution in [3.05, 3.63) is 66.4 Å². The van der Waals surface area contributed by atoms with Crippen LogP contribution in [0.3, 0.4) is 0 Å². The zero-order valence-corrected chi connectivity index (χ0v) is 17.1. The number of hydrogen-bond acceptors (Lipinski definition) is 5. The molecule has 2 aromatic carbocycles. The van der Waals surface area contributed by atoms with Crippen LogP contribution in [-0.2, 0) is 22.6 Å². The van der Waals surface area contributed by atoms with E-state index in [9.17, 15) is 0 Å². The topological polar surface area (TPSA) is 77.0 Å². The van der Waals surface area contributed by atoms with E-state index < -0.39 is 0 Å². The summed E-state index contributed by atoms with van der Waals surface area (Å²) in [7, 11) is 4.92. The van der Waals surface area contributed by atoms with Crippen LogP contribution in [-0.4, -0.2) is 32.9 Å². The fourth-order valence-corrected chi connectivity index (χ4v) is 2.37. The van der Waals surface area contributed by atoms with E-state index >= 15 is 0 Å². The van der Waals surface area contributed by atoms with Crippen LogP contribution in [0.1, 0.15) is 24.5 Å². The maximum Gasteiger partial charge on any atom is 0.290 e. The quantitative estimate of drug-likeness (QED) is 0.635. The zero-order valence-electron chi connectivity index (χ0n) is 17.1. The first-order valence-corrected chi connectivity index (χ1v) is 8.84. The van der Waals surface area contributed by atoms with Gasteiger partial charge in [-0.2, -0.15) is 0 Å². The van der Waals surface area contributed by atoms with E-state index in [1.54, 1.807) is 27.5 Å². The molecule has 154 valence electrons. The lowest BCUT2D eigenvalue weighted by Gasteiger charge is -2.07. The number of carboxylic acid groups (broad SMARTS) is 1. The van der Waals surface area contributed by atoms with Crippen LogP contribution in [0.15, 0.2) is 55.2 Å². The third-order valence-electron chi connectivity index (χ3n) is 3.52. The molecule has 0 atom stereocenters. The number of rotatable bonds is 8. The van der Waals surface area contributed by atoms with Gasteiger partial charge in [0.1, 0.15) is 11.5 Å². The molecule has 0 heterocycles. The highest BCUT2D eigenvalue weighted by Gasteiger charge is 2.00. The largest absolute Gasteiger partial charge is 0.497 e. The Morgan fingerprint density at radius 2 is 1.64 bits per heavy atom. The highest BCUT2D eigenvalue weighted by atomic mass is 16.5. The second kappa shape index (κ2) is 16.2. The molecule has 2 N–H and O–H groups in total. The third-order valence-corrected chi connectivity index (χ3v) is 3.52. The van der Waals surface area contributed by atoms with Crippen molar-refractivity contribution < 1.29 is 24.1 Å². The Hall–Kier alpha value is -2.99. The van der Waals surface area contributed by atoms with E-state index in [1.165, 1.54) is 17.7 Å². The summed E-state index contributed by atoms with van der Waals surface area (Å²) in [5, 5.41) is 10.0. The molecule has 2 rings (SSSR count). The maximum atomic E-state index is 8.36. The van der Waals surface area contributed by atoms with Gasteiger partial charge in [0, 0.05) is 18.9 Å². The molecule has 6 nitrogen and oxygen atoms in total. The average Bonchev–Trinajstić information content (AvgIpc) is 2.71. The van der Waals surface area contributed by atoms with E-state index in [4.69, 9.17) is 24.1 Å². The van der Waals surface area contributed by atoms with Gasteiger partial charge in [-0.25, -0.2) is 0 Å². The van der Waals surface area contributed by atoms with Crippen molar-refractivity contribution in [2.75, 3.05) is 26.6 Å². The molecule has 0 fully saturated rings. The number of aryl methyl sites for hydroxylation is 1. The minimum absolute atomic E-state index is 0.250. The van der Waals surface area contributed by atoms with Gasteiger partial charge in [-0.1, -0.05) is 38.1 Å². The minimum Gasteiger partial charge on any atom is -0.497 e. The summed E-state index contributed by atoms with van der Waals surface area (Å²) in [6.45, 7) is 6.14. The molecule has 6 heteroatoms. The maximum absolute atomic E-state index is 8.36. The van der Waals surface area contributed by atoms with E-state index in [2.05, 4.69) is 37.0 Å². The molecule has 0 unspecified atom stereocenters. The number of ether oxygens (including phenoxy) is 3. The first-order chi connectivity index (χ1) is 13.6. The van der Waals surface area contributed by atoms with Gasteiger partial charge in [0.2, 0.25) is 0 Å². The van der Waals surface area contributed by atoms with Crippen LogP contribution in [0.4, 0.5) is 5.69 Å². The number of nitrogens with one attached hydrogen (secondary N) is 1. The summed E-state index contributed by atoms with van der Waals surface area (Å²) < 4.78 is 15.2. The molecule has 0 saturated carbocycles. The van der Waals surface area contributed by atoms with Crippen molar-refractivity contribution >= 4 is 12.2 Å². The Bertz CT molecular complexity index is 666. The summed E-state index contributed by atoms with van der Waals surface area (Å²) >= 11 is 0. The second-order valence-corrected chi connectivity index (χ2v) is 5.51. The predicted molar refractivity (Wildman–Crippen MR) is 113 cm³/mol. The van der Waals surface area contributed by atoms with Crippen molar-refractivity contribution in [1.29, 1.82) is 0 Å². The van der Waals surface area contributed by atoms with Crippen LogP contribution < -0.4 is 14.8 Å². The number of benzene rings is 2. The molecule has 28 heavy (non-hydrogen) atoms. The standard InChI is InChI=1S/C11H15N.C10H14O3.CH2O2/c1-3-7-10-8-5-6-9-11(10)12-4-2;1-11-7-8-4-9(12-2)6-10(5-8)13-3;2-1-3/h4-6,8-9,12H,2-3,7H2,1H3;4-6H,7H2,1-3H3;1H,(H,2,3). The molecule has 0 spiro atoms. The molecule has 0 aliphatic heterocycles. The highest BCUT2D eigenvalue weighted by molar-refractivity contribution is 5.52. The number of carbonyl (C=O) groups is 1. The Morgan fingerprint density at radius 1 is 1.07 bits per heavy atom. The summed E-state index contributed by atoms with van der Waals surface area (Å²) in [6.07, 6.45) is 4.02. The van der Waals surface area contributed by atoms with Gasteiger partial charge in [0.05, 0.1) is 20.8 Å². The van der Waals surface area contributed by atoms with Gasteiger partial charge >= 0.3 is 0 Å². The second-order valence-electron chi connectivity index (χ2n) is 5.51. The van der Waals surface area contributed by atoms with Crippen LogP contribution in [0.5, 0.6) is 11.5 Å². The molecule has 0 radical (unpaired) electrons. The summed E-state index contributed by atoms with van der Waals surface area (Å²) in [6, 6.07) is 14.0. The van der Waals surface area contributed by atoms with Crippen molar-refractivity contribution in [2.45, 2.75) is 26.4 Å². The van der Waals surface area contributed by atoms with Crippen molar-refractivity contribution in [3.63, 3.8) is 0 Å². The Balaban J connectivity index is 0.000000458. The van der Waals surface area contributed by atoms with Gasteiger partial charge in [-0.05, 0) is 41.9 Å². The van der Waals surface area contributed by atoms with Crippen LogP contribution in [0.2, 0.25) is 0 Å². The van der Waals surface area contributed by atoms with Crippen LogP contribution >= 0.6 is 0 Å². The van der Waals surface area contributed by atoms with Gasteiger partial charge in [0.15, 0.2) is 0 Å². The monoisotopic (exact) mass is 389 g/mol. The predicted octanol–water partition coefficient (Wildman–Crippen LogP) is 4.75. The van der Waals surface area contributed by atoms with E-state index in [0.29, 0.717) is 6.61 Å². The van der Waals surface area contributed by atoms with Gasteiger partial charge < -0.3 is 24.6 Å². The summed E-state index contributed by atoms with van der Waals surface area (Å²) in [4.78, 5) is 8.36. The minimum atomic E-state index is -0.250. The van der Waals surface area contributed by atoms with Crippen molar-refractivity contribution in [2.24, 2.45) is 0 Å². The Morgan fingerprint density at radius 3 is 2.11 bits per heavy atom.